The number of aromatic nitrogens is 1. The van der Waals surface area contributed by atoms with E-state index in [0.29, 0.717) is 19.6 Å². The van der Waals surface area contributed by atoms with Gasteiger partial charge in [-0.2, -0.15) is 0 Å². The van der Waals surface area contributed by atoms with Gasteiger partial charge < -0.3 is 24.6 Å². The van der Waals surface area contributed by atoms with Gasteiger partial charge in [0.15, 0.2) is 11.4 Å². The van der Waals surface area contributed by atoms with Crippen molar-refractivity contribution >= 4 is 17.6 Å². The number of anilines is 1. The molecule has 1 aliphatic rings. The highest BCUT2D eigenvalue weighted by molar-refractivity contribution is 5.97. The minimum absolute atomic E-state index is 0.170. The Hall–Kier alpha value is -3.29. The van der Waals surface area contributed by atoms with E-state index < -0.39 is 28.6 Å². The van der Waals surface area contributed by atoms with Crippen LogP contribution in [-0.4, -0.2) is 52.2 Å². The van der Waals surface area contributed by atoms with Crippen LogP contribution in [0.5, 0.6) is 5.75 Å². The number of fused-ring (bicyclic) bond motifs is 1. The van der Waals surface area contributed by atoms with Crippen LogP contribution in [0.3, 0.4) is 0 Å². The largest absolute Gasteiger partial charge is 0.503 e. The highest BCUT2D eigenvalue weighted by Crippen LogP contribution is 2.22. The monoisotopic (exact) mass is 357 g/mol. The molecule has 0 unspecified atom stereocenters. The number of carbonyl (C=O) groups is 2. The average Bonchev–Trinajstić information content (AvgIpc) is 2.60. The number of aromatic carboxylic acids is 1. The van der Waals surface area contributed by atoms with E-state index in [9.17, 15) is 19.5 Å². The maximum Gasteiger partial charge on any atom is 0.341 e. The summed E-state index contributed by atoms with van der Waals surface area (Å²) in [5, 5.41) is 19.1. The van der Waals surface area contributed by atoms with Crippen LogP contribution in [0.25, 0.3) is 0 Å². The average molecular weight is 357 g/mol. The first-order chi connectivity index (χ1) is 12.3. The molecular formula is C18H19N3O5. The molecule has 0 spiro atoms. The molecular weight excluding hydrogens is 338 g/mol. The predicted molar refractivity (Wildman–Crippen MR) is 94.8 cm³/mol. The summed E-state index contributed by atoms with van der Waals surface area (Å²) in [5.74, 6) is -2.75. The van der Waals surface area contributed by atoms with Gasteiger partial charge in [-0.25, -0.2) is 4.79 Å². The van der Waals surface area contributed by atoms with Crippen molar-refractivity contribution in [2.75, 3.05) is 25.5 Å². The van der Waals surface area contributed by atoms with E-state index in [1.165, 1.54) is 9.47 Å². The zero-order valence-corrected chi connectivity index (χ0v) is 14.5. The van der Waals surface area contributed by atoms with E-state index >= 15 is 0 Å². The molecule has 1 amide bonds. The van der Waals surface area contributed by atoms with Crippen LogP contribution in [0.2, 0.25) is 0 Å². The van der Waals surface area contributed by atoms with Crippen LogP contribution in [0.1, 0.15) is 26.4 Å². The second-order valence-electron chi connectivity index (χ2n) is 6.36. The molecule has 0 saturated heterocycles. The molecule has 26 heavy (non-hydrogen) atoms. The van der Waals surface area contributed by atoms with Crippen LogP contribution < -0.4 is 10.3 Å². The summed E-state index contributed by atoms with van der Waals surface area (Å²) in [6.45, 7) is 0.981. The van der Waals surface area contributed by atoms with Crippen LogP contribution in [0.15, 0.2) is 35.3 Å². The number of carboxylic acids is 1. The highest BCUT2D eigenvalue weighted by Gasteiger charge is 2.30. The maximum atomic E-state index is 12.7. The summed E-state index contributed by atoms with van der Waals surface area (Å²) < 4.78 is 1.33. The number of hydrogen-bond donors (Lipinski definition) is 2. The van der Waals surface area contributed by atoms with Crippen molar-refractivity contribution in [1.82, 2.24) is 9.47 Å². The van der Waals surface area contributed by atoms with Crippen molar-refractivity contribution in [2.24, 2.45) is 0 Å². The van der Waals surface area contributed by atoms with E-state index in [1.807, 2.05) is 43.3 Å². The van der Waals surface area contributed by atoms with Crippen LogP contribution >= 0.6 is 0 Å². The lowest BCUT2D eigenvalue weighted by Crippen LogP contribution is -2.41. The molecule has 0 saturated carbocycles. The first-order valence-corrected chi connectivity index (χ1v) is 8.05. The van der Waals surface area contributed by atoms with E-state index in [-0.39, 0.29) is 5.69 Å². The molecule has 3 rings (SSSR count). The minimum atomic E-state index is -1.43. The van der Waals surface area contributed by atoms with Gasteiger partial charge in [-0.3, -0.25) is 9.59 Å². The fourth-order valence-corrected chi connectivity index (χ4v) is 2.95. The number of carbonyl (C=O) groups excluding carboxylic acids is 1. The Kier molecular flexibility index (Phi) is 4.41. The molecule has 136 valence electrons. The molecule has 0 aliphatic carbocycles. The van der Waals surface area contributed by atoms with Crippen molar-refractivity contribution in [1.29, 1.82) is 0 Å². The Morgan fingerprint density at radius 1 is 1.15 bits per heavy atom. The molecule has 0 fully saturated rings. The Morgan fingerprint density at radius 2 is 1.81 bits per heavy atom. The third-order valence-electron chi connectivity index (χ3n) is 4.41. The number of amides is 1. The number of carboxylic acid groups (broad SMARTS) is 1. The maximum absolute atomic E-state index is 12.7. The van der Waals surface area contributed by atoms with Crippen molar-refractivity contribution in [3.63, 3.8) is 0 Å². The summed E-state index contributed by atoms with van der Waals surface area (Å²) in [6, 6.07) is 7.72. The lowest BCUT2D eigenvalue weighted by Gasteiger charge is -2.30. The Bertz CT molecular complexity index is 931. The highest BCUT2D eigenvalue weighted by atomic mass is 16.4. The van der Waals surface area contributed by atoms with E-state index in [0.717, 1.165) is 17.4 Å². The third kappa shape index (κ3) is 3.01. The zero-order valence-electron chi connectivity index (χ0n) is 14.5. The minimum Gasteiger partial charge on any atom is -0.503 e. The summed E-state index contributed by atoms with van der Waals surface area (Å²) in [7, 11) is 3.87. The molecule has 8 nitrogen and oxygen atoms in total. The Balaban J connectivity index is 1.89. The van der Waals surface area contributed by atoms with Crippen molar-refractivity contribution in [3.8, 4) is 5.75 Å². The molecule has 2 heterocycles. The van der Waals surface area contributed by atoms with Gasteiger partial charge >= 0.3 is 5.97 Å². The molecule has 2 N–H and O–H groups in total. The number of hydrogen-bond acceptors (Lipinski definition) is 5. The van der Waals surface area contributed by atoms with Crippen molar-refractivity contribution in [2.45, 2.75) is 13.1 Å². The summed E-state index contributed by atoms with van der Waals surface area (Å²) in [6.07, 6.45) is 1.11. The number of nitrogens with zero attached hydrogens (tertiary/aromatic N) is 3. The zero-order chi connectivity index (χ0) is 19.0. The topological polar surface area (TPSA) is 103 Å². The smallest absolute Gasteiger partial charge is 0.341 e. The van der Waals surface area contributed by atoms with Crippen molar-refractivity contribution in [3.05, 3.63) is 57.5 Å². The van der Waals surface area contributed by atoms with Crippen molar-refractivity contribution < 1.29 is 19.8 Å². The molecule has 0 atom stereocenters. The van der Waals surface area contributed by atoms with E-state index in [1.54, 1.807) is 0 Å². The van der Waals surface area contributed by atoms with Crippen LogP contribution in [0, 0.1) is 0 Å². The Labute approximate surface area is 149 Å². The molecule has 1 aromatic carbocycles. The molecule has 0 radical (unpaired) electrons. The predicted octanol–water partition coefficient (Wildman–Crippen LogP) is 0.974. The first-order valence-electron chi connectivity index (χ1n) is 8.05. The summed E-state index contributed by atoms with van der Waals surface area (Å²) >= 11 is 0. The van der Waals surface area contributed by atoms with Gasteiger partial charge in [0.1, 0.15) is 5.56 Å². The Morgan fingerprint density at radius 3 is 2.38 bits per heavy atom. The SMILES string of the molecule is CN(C)c1ccc(CN2CCn3cc(C(=O)O)c(=O)c(O)c3C2=O)cc1. The molecule has 8 heteroatoms. The van der Waals surface area contributed by atoms with Gasteiger partial charge in [-0.05, 0) is 17.7 Å². The van der Waals surface area contributed by atoms with E-state index in [2.05, 4.69) is 0 Å². The third-order valence-corrected chi connectivity index (χ3v) is 4.41. The summed E-state index contributed by atoms with van der Waals surface area (Å²) in [4.78, 5) is 39.3. The lowest BCUT2D eigenvalue weighted by molar-refractivity contribution is 0.0663. The van der Waals surface area contributed by atoms with Gasteiger partial charge in [0, 0.05) is 45.6 Å². The van der Waals surface area contributed by atoms with E-state index in [4.69, 9.17) is 5.11 Å². The fourth-order valence-electron chi connectivity index (χ4n) is 2.95. The molecule has 2 aromatic rings. The van der Waals surface area contributed by atoms with Gasteiger partial charge in [0.25, 0.3) is 5.91 Å². The second kappa shape index (κ2) is 6.55. The number of pyridine rings is 1. The van der Waals surface area contributed by atoms with Gasteiger partial charge in [0.2, 0.25) is 5.43 Å². The fraction of sp³-hybridized carbons (Fsp3) is 0.278. The molecule has 1 aliphatic heterocycles. The van der Waals surface area contributed by atoms with Crippen LogP contribution in [-0.2, 0) is 13.1 Å². The number of aromatic hydroxyl groups is 1. The second-order valence-corrected chi connectivity index (χ2v) is 6.36. The number of rotatable bonds is 4. The van der Waals surface area contributed by atoms with Crippen LogP contribution in [0.4, 0.5) is 5.69 Å². The van der Waals surface area contributed by atoms with Gasteiger partial charge in [0.05, 0.1) is 0 Å². The van der Waals surface area contributed by atoms with Gasteiger partial charge in [-0.15, -0.1) is 0 Å². The number of benzene rings is 1. The lowest BCUT2D eigenvalue weighted by atomic mass is 10.1. The normalized spacial score (nSPS) is 13.5. The standard InChI is InChI=1S/C18H19N3O5/c1-19(2)12-5-3-11(4-6-12)9-21-8-7-20-10-13(18(25)26)15(22)16(23)14(20)17(21)24/h3-6,10,23H,7-9H2,1-2H3,(H,25,26). The first kappa shape index (κ1) is 17.5. The molecule has 0 bridgehead atoms. The molecule has 1 aromatic heterocycles. The van der Waals surface area contributed by atoms with Gasteiger partial charge in [-0.1, -0.05) is 12.1 Å². The quantitative estimate of drug-likeness (QED) is 0.845. The summed E-state index contributed by atoms with van der Waals surface area (Å²) in [5.41, 5.74) is 0.188.